The van der Waals surface area contributed by atoms with Gasteiger partial charge in [0.05, 0.1) is 23.4 Å². The van der Waals surface area contributed by atoms with Gasteiger partial charge in [0.25, 0.3) is 0 Å². The number of aromatic nitrogens is 4. The van der Waals surface area contributed by atoms with Gasteiger partial charge in [-0.15, -0.1) is 16.4 Å². The fourth-order valence-corrected chi connectivity index (χ4v) is 3.33. The van der Waals surface area contributed by atoms with Crippen molar-refractivity contribution in [3.63, 3.8) is 0 Å². The van der Waals surface area contributed by atoms with Crippen LogP contribution in [0, 0.1) is 6.92 Å². The van der Waals surface area contributed by atoms with Crippen molar-refractivity contribution in [2.24, 2.45) is 0 Å². The number of anilines is 2. The Hall–Kier alpha value is -2.39. The smallest absolute Gasteiger partial charge is 0.337 e. The number of methoxy groups -OCH3 is 1. The minimum Gasteiger partial charge on any atom is -0.465 e. The number of H-pyrrole nitrogens is 1. The Morgan fingerprint density at radius 2 is 2.12 bits per heavy atom. The Balaban J connectivity index is 1.58. The first-order valence-corrected chi connectivity index (χ1v) is 8.92. The highest BCUT2D eigenvalue weighted by Gasteiger charge is 2.08. The molecule has 0 bridgehead atoms. The summed E-state index contributed by atoms with van der Waals surface area (Å²) in [6.07, 6.45) is 0. The summed E-state index contributed by atoms with van der Waals surface area (Å²) in [6, 6.07) is 6.93. The molecule has 3 rings (SSSR count). The highest BCUT2D eigenvalue weighted by molar-refractivity contribution is 7.98. The molecule has 0 aliphatic carbocycles. The molecule has 0 spiro atoms. The molecule has 7 nitrogen and oxygen atoms in total. The summed E-state index contributed by atoms with van der Waals surface area (Å²) in [7, 11) is 1.36. The van der Waals surface area contributed by atoms with Crippen LogP contribution in [0.5, 0.6) is 0 Å². The molecule has 3 aromatic rings. The van der Waals surface area contributed by atoms with Gasteiger partial charge in [0, 0.05) is 16.8 Å². The van der Waals surface area contributed by atoms with E-state index in [0.29, 0.717) is 16.7 Å². The quantitative estimate of drug-likeness (QED) is 0.513. The molecular weight excluding hydrogens is 346 g/mol. The van der Waals surface area contributed by atoms with Crippen LogP contribution >= 0.6 is 23.1 Å². The predicted octanol–water partition coefficient (Wildman–Crippen LogP) is 3.39. The average molecular weight is 361 g/mol. The van der Waals surface area contributed by atoms with Crippen molar-refractivity contribution in [1.29, 1.82) is 0 Å². The number of hydrogen-bond donors (Lipinski definition) is 2. The van der Waals surface area contributed by atoms with Crippen LogP contribution in [-0.2, 0) is 10.5 Å². The van der Waals surface area contributed by atoms with Crippen molar-refractivity contribution in [2.45, 2.75) is 17.8 Å². The zero-order chi connectivity index (χ0) is 16.9. The summed E-state index contributed by atoms with van der Waals surface area (Å²) in [5.74, 6) is 0.907. The molecule has 0 amide bonds. The number of nitrogens with zero attached hydrogens (tertiary/aromatic N) is 3. The van der Waals surface area contributed by atoms with E-state index in [0.717, 1.165) is 22.1 Å². The van der Waals surface area contributed by atoms with Gasteiger partial charge in [-0.3, -0.25) is 0 Å². The number of rotatable bonds is 6. The van der Waals surface area contributed by atoms with Gasteiger partial charge in [0.15, 0.2) is 0 Å². The van der Waals surface area contributed by atoms with E-state index in [1.807, 2.05) is 12.3 Å². The van der Waals surface area contributed by atoms with Crippen LogP contribution in [-0.4, -0.2) is 33.2 Å². The van der Waals surface area contributed by atoms with E-state index in [1.54, 1.807) is 35.6 Å². The van der Waals surface area contributed by atoms with E-state index in [1.165, 1.54) is 18.9 Å². The fraction of sp³-hybridized carbons (Fsp3) is 0.200. The number of benzene rings is 1. The minimum atomic E-state index is -0.364. The van der Waals surface area contributed by atoms with Gasteiger partial charge in [0.2, 0.25) is 11.1 Å². The molecule has 0 aliphatic rings. The molecule has 124 valence electrons. The van der Waals surface area contributed by atoms with Crippen LogP contribution in [0.15, 0.2) is 34.8 Å². The second-order valence-corrected chi connectivity index (χ2v) is 6.81. The van der Waals surface area contributed by atoms with Crippen LogP contribution in [0.1, 0.15) is 21.1 Å². The third-order valence-corrected chi connectivity index (χ3v) is 4.75. The lowest BCUT2D eigenvalue weighted by atomic mass is 10.2. The van der Waals surface area contributed by atoms with Gasteiger partial charge in [0.1, 0.15) is 0 Å². The lowest BCUT2D eigenvalue weighted by Gasteiger charge is -2.03. The maximum Gasteiger partial charge on any atom is 0.337 e. The topological polar surface area (TPSA) is 92.8 Å². The summed E-state index contributed by atoms with van der Waals surface area (Å²) < 4.78 is 4.67. The van der Waals surface area contributed by atoms with Crippen LogP contribution in [0.4, 0.5) is 11.6 Å². The second kappa shape index (κ2) is 7.45. The Kier molecular flexibility index (Phi) is 5.11. The van der Waals surface area contributed by atoms with Crippen LogP contribution < -0.4 is 5.32 Å². The van der Waals surface area contributed by atoms with Crippen molar-refractivity contribution >= 4 is 40.7 Å². The van der Waals surface area contributed by atoms with Crippen molar-refractivity contribution < 1.29 is 9.53 Å². The molecule has 0 fully saturated rings. The fourth-order valence-electron chi connectivity index (χ4n) is 1.92. The molecule has 2 heterocycles. The molecular formula is C15H15N5O2S2. The molecule has 9 heteroatoms. The molecule has 1 aromatic carbocycles. The lowest BCUT2D eigenvalue weighted by Crippen LogP contribution is -2.01. The lowest BCUT2D eigenvalue weighted by molar-refractivity contribution is 0.0601. The highest BCUT2D eigenvalue weighted by atomic mass is 32.2. The third-order valence-electron chi connectivity index (χ3n) is 3.05. The van der Waals surface area contributed by atoms with Crippen LogP contribution in [0.3, 0.4) is 0 Å². The van der Waals surface area contributed by atoms with E-state index in [9.17, 15) is 4.79 Å². The van der Waals surface area contributed by atoms with Crippen LogP contribution in [0.2, 0.25) is 0 Å². The summed E-state index contributed by atoms with van der Waals surface area (Å²) in [5, 5.41) is 13.8. The Morgan fingerprint density at radius 1 is 1.33 bits per heavy atom. The first-order chi connectivity index (χ1) is 11.6. The average Bonchev–Trinajstić information content (AvgIpc) is 3.22. The van der Waals surface area contributed by atoms with Crippen molar-refractivity contribution in [2.75, 3.05) is 12.4 Å². The maximum atomic E-state index is 11.4. The number of carbonyl (C=O) groups excluding carboxylic acids is 1. The van der Waals surface area contributed by atoms with Crippen LogP contribution in [0.25, 0.3) is 0 Å². The summed E-state index contributed by atoms with van der Waals surface area (Å²) >= 11 is 3.15. The number of hydrogen-bond acceptors (Lipinski definition) is 8. The third kappa shape index (κ3) is 4.12. The summed E-state index contributed by atoms with van der Waals surface area (Å²) in [4.78, 5) is 20.2. The summed E-state index contributed by atoms with van der Waals surface area (Å²) in [5.41, 5.74) is 2.32. The number of carbonyl (C=O) groups is 1. The Bertz CT molecular complexity index is 829. The molecule has 2 N–H and O–H groups in total. The van der Waals surface area contributed by atoms with E-state index >= 15 is 0 Å². The molecule has 0 aliphatic heterocycles. The monoisotopic (exact) mass is 361 g/mol. The Labute approximate surface area is 146 Å². The van der Waals surface area contributed by atoms with E-state index in [2.05, 4.69) is 30.2 Å². The van der Waals surface area contributed by atoms with E-state index in [-0.39, 0.29) is 5.97 Å². The van der Waals surface area contributed by atoms with Gasteiger partial charge in [-0.2, -0.15) is 4.98 Å². The first kappa shape index (κ1) is 16.5. The van der Waals surface area contributed by atoms with Gasteiger partial charge in [-0.1, -0.05) is 11.8 Å². The van der Waals surface area contributed by atoms with E-state index < -0.39 is 0 Å². The number of aryl methyl sites for hydroxylation is 1. The molecule has 0 saturated carbocycles. The van der Waals surface area contributed by atoms with E-state index in [4.69, 9.17) is 0 Å². The number of ether oxygens (including phenoxy) is 1. The molecule has 2 aromatic heterocycles. The molecule has 0 atom stereocenters. The standard InChI is InChI=1S/C15H15N5O2S2/c1-9-16-12(7-23-9)8-24-15-18-14(19-20-15)17-11-5-3-10(4-6-11)13(21)22-2/h3-7H,8H2,1-2H3,(H2,17,18,19,20). The molecule has 0 radical (unpaired) electrons. The minimum absolute atomic E-state index is 0.364. The van der Waals surface area contributed by atoms with Gasteiger partial charge >= 0.3 is 5.97 Å². The molecule has 0 unspecified atom stereocenters. The summed E-state index contributed by atoms with van der Waals surface area (Å²) in [6.45, 7) is 1.99. The molecule has 24 heavy (non-hydrogen) atoms. The van der Waals surface area contributed by atoms with Crippen molar-refractivity contribution in [3.05, 3.63) is 45.9 Å². The first-order valence-electron chi connectivity index (χ1n) is 7.05. The number of esters is 1. The van der Waals surface area contributed by atoms with Gasteiger partial charge in [-0.05, 0) is 31.2 Å². The number of nitrogens with one attached hydrogen (secondary N) is 2. The zero-order valence-electron chi connectivity index (χ0n) is 13.1. The SMILES string of the molecule is COC(=O)c1ccc(Nc2nc(SCc3csc(C)n3)n[nH]2)cc1. The highest BCUT2D eigenvalue weighted by Crippen LogP contribution is 2.22. The van der Waals surface area contributed by atoms with Crippen molar-refractivity contribution in [3.8, 4) is 0 Å². The number of thioether (sulfide) groups is 1. The number of aromatic amines is 1. The zero-order valence-corrected chi connectivity index (χ0v) is 14.7. The van der Waals surface area contributed by atoms with Crippen molar-refractivity contribution in [1.82, 2.24) is 20.2 Å². The number of thiazole rings is 1. The normalized spacial score (nSPS) is 10.6. The molecule has 0 saturated heterocycles. The second-order valence-electron chi connectivity index (χ2n) is 4.81. The predicted molar refractivity (Wildman–Crippen MR) is 93.9 cm³/mol. The largest absolute Gasteiger partial charge is 0.465 e. The van der Waals surface area contributed by atoms with Gasteiger partial charge < -0.3 is 10.1 Å². The Morgan fingerprint density at radius 3 is 2.79 bits per heavy atom. The van der Waals surface area contributed by atoms with Gasteiger partial charge in [-0.25, -0.2) is 14.9 Å². The maximum absolute atomic E-state index is 11.4.